The third-order valence-corrected chi connectivity index (χ3v) is 5.46. The molecule has 1 aliphatic heterocycles. The largest absolute Gasteiger partial charge is 0.497 e. The highest BCUT2D eigenvalue weighted by atomic mass is 16.5. The molecule has 1 saturated heterocycles. The van der Waals surface area contributed by atoms with Crippen molar-refractivity contribution in [1.29, 1.82) is 0 Å². The van der Waals surface area contributed by atoms with E-state index in [-0.39, 0.29) is 36.4 Å². The molecule has 0 aromatic heterocycles. The lowest BCUT2D eigenvalue weighted by atomic mass is 9.71. The average Bonchev–Trinajstić information content (AvgIpc) is 2.66. The molecule has 0 bridgehead atoms. The number of piperidine rings is 1. The van der Waals surface area contributed by atoms with Gasteiger partial charge in [0.25, 0.3) is 5.91 Å². The Hall–Kier alpha value is -2.28. The molecule has 2 amide bonds. The summed E-state index contributed by atoms with van der Waals surface area (Å²) < 4.78 is 16.0. The number of nitrogens with one attached hydrogen (secondary N) is 2. The second-order valence-electron chi connectivity index (χ2n) is 7.30. The fourth-order valence-electron chi connectivity index (χ4n) is 4.22. The summed E-state index contributed by atoms with van der Waals surface area (Å²) in [6.45, 7) is 0.566. The quantitative estimate of drug-likeness (QED) is 0.753. The highest BCUT2D eigenvalue weighted by Crippen LogP contribution is 2.35. The Morgan fingerprint density at radius 1 is 1.26 bits per heavy atom. The summed E-state index contributed by atoms with van der Waals surface area (Å²) in [5.74, 6) is 1.88. The topological polar surface area (TPSA) is 85.9 Å². The lowest BCUT2D eigenvalue weighted by Gasteiger charge is -2.43. The van der Waals surface area contributed by atoms with Gasteiger partial charge in [-0.1, -0.05) is 6.07 Å². The molecule has 2 fully saturated rings. The van der Waals surface area contributed by atoms with Gasteiger partial charge < -0.3 is 24.8 Å². The molecule has 1 heterocycles. The van der Waals surface area contributed by atoms with E-state index in [0.717, 1.165) is 19.3 Å². The molecule has 1 saturated carbocycles. The first kappa shape index (κ1) is 19.5. The van der Waals surface area contributed by atoms with Gasteiger partial charge in [-0.3, -0.25) is 9.59 Å². The SMILES string of the molecule is COCC1CC(=O)NC2CC(NC(=O)COc3cccc(OC)c3)CCC12. The van der Waals surface area contributed by atoms with E-state index >= 15 is 0 Å². The van der Waals surface area contributed by atoms with Gasteiger partial charge in [-0.2, -0.15) is 0 Å². The fraction of sp³-hybridized carbons (Fsp3) is 0.600. The summed E-state index contributed by atoms with van der Waals surface area (Å²) in [4.78, 5) is 24.2. The van der Waals surface area contributed by atoms with E-state index in [9.17, 15) is 9.59 Å². The van der Waals surface area contributed by atoms with E-state index in [0.29, 0.717) is 30.4 Å². The number of hydrogen-bond acceptors (Lipinski definition) is 5. The fourth-order valence-corrected chi connectivity index (χ4v) is 4.22. The van der Waals surface area contributed by atoms with E-state index in [2.05, 4.69) is 10.6 Å². The van der Waals surface area contributed by atoms with Crippen molar-refractivity contribution in [3.05, 3.63) is 24.3 Å². The Labute approximate surface area is 159 Å². The molecular weight excluding hydrogens is 348 g/mol. The second kappa shape index (κ2) is 9.08. The van der Waals surface area contributed by atoms with Crippen LogP contribution in [0.5, 0.6) is 11.5 Å². The van der Waals surface area contributed by atoms with Crippen LogP contribution in [0.4, 0.5) is 0 Å². The standard InChI is InChI=1S/C20H28N2O5/c1-25-11-13-8-19(23)22-18-9-14(6-7-17(13)18)21-20(24)12-27-16-5-3-4-15(10-16)26-2/h3-5,10,13-14,17-18H,6-9,11-12H2,1-2H3,(H,21,24)(H,22,23). The molecule has 148 valence electrons. The minimum Gasteiger partial charge on any atom is -0.497 e. The zero-order valence-electron chi connectivity index (χ0n) is 15.9. The monoisotopic (exact) mass is 376 g/mol. The van der Waals surface area contributed by atoms with Crippen LogP contribution in [-0.2, 0) is 14.3 Å². The first-order valence-electron chi connectivity index (χ1n) is 9.43. The van der Waals surface area contributed by atoms with Crippen molar-refractivity contribution >= 4 is 11.8 Å². The molecule has 0 radical (unpaired) electrons. The molecule has 7 heteroatoms. The Morgan fingerprint density at radius 3 is 2.85 bits per heavy atom. The van der Waals surface area contributed by atoms with Gasteiger partial charge in [0.1, 0.15) is 11.5 Å². The zero-order chi connectivity index (χ0) is 19.2. The molecule has 2 N–H and O–H groups in total. The van der Waals surface area contributed by atoms with Crippen molar-refractivity contribution in [3.8, 4) is 11.5 Å². The number of fused-ring (bicyclic) bond motifs is 1. The number of rotatable bonds is 7. The van der Waals surface area contributed by atoms with Gasteiger partial charge >= 0.3 is 0 Å². The molecule has 27 heavy (non-hydrogen) atoms. The van der Waals surface area contributed by atoms with E-state index < -0.39 is 0 Å². The highest BCUT2D eigenvalue weighted by molar-refractivity contribution is 5.78. The molecular formula is C20H28N2O5. The van der Waals surface area contributed by atoms with Crippen LogP contribution >= 0.6 is 0 Å². The number of carbonyl (C=O) groups excluding carboxylic acids is 2. The molecule has 1 aliphatic carbocycles. The van der Waals surface area contributed by atoms with Gasteiger partial charge in [0.15, 0.2) is 6.61 Å². The molecule has 7 nitrogen and oxygen atoms in total. The first-order valence-corrected chi connectivity index (χ1v) is 9.43. The summed E-state index contributed by atoms with van der Waals surface area (Å²) in [6, 6.07) is 7.32. The van der Waals surface area contributed by atoms with Crippen molar-refractivity contribution in [1.82, 2.24) is 10.6 Å². The molecule has 1 aromatic carbocycles. The third kappa shape index (κ3) is 5.13. The molecule has 0 spiro atoms. The van der Waals surface area contributed by atoms with Gasteiger partial charge in [0.05, 0.1) is 7.11 Å². The van der Waals surface area contributed by atoms with Crippen LogP contribution in [0, 0.1) is 11.8 Å². The van der Waals surface area contributed by atoms with Crippen molar-refractivity contribution in [2.24, 2.45) is 11.8 Å². The predicted molar refractivity (Wildman–Crippen MR) is 99.7 cm³/mol. The van der Waals surface area contributed by atoms with E-state index in [1.165, 1.54) is 0 Å². The van der Waals surface area contributed by atoms with Crippen LogP contribution in [0.15, 0.2) is 24.3 Å². The Bertz CT molecular complexity index is 666. The van der Waals surface area contributed by atoms with Crippen LogP contribution in [0.1, 0.15) is 25.7 Å². The number of carbonyl (C=O) groups is 2. The summed E-state index contributed by atoms with van der Waals surface area (Å²) in [6.07, 6.45) is 3.16. The number of methoxy groups -OCH3 is 2. The Morgan fingerprint density at radius 2 is 2.07 bits per heavy atom. The van der Waals surface area contributed by atoms with Crippen LogP contribution in [0.2, 0.25) is 0 Å². The lowest BCUT2D eigenvalue weighted by Crippen LogP contribution is -2.56. The van der Waals surface area contributed by atoms with E-state index in [4.69, 9.17) is 14.2 Å². The van der Waals surface area contributed by atoms with Crippen molar-refractivity contribution < 1.29 is 23.8 Å². The number of ether oxygens (including phenoxy) is 3. The van der Waals surface area contributed by atoms with E-state index in [1.54, 1.807) is 26.4 Å². The van der Waals surface area contributed by atoms with Gasteiger partial charge in [-0.25, -0.2) is 0 Å². The normalized spacial score (nSPS) is 27.3. The number of benzene rings is 1. The minimum atomic E-state index is -0.156. The van der Waals surface area contributed by atoms with E-state index in [1.807, 2.05) is 12.1 Å². The molecule has 4 unspecified atom stereocenters. The average molecular weight is 376 g/mol. The third-order valence-electron chi connectivity index (χ3n) is 5.46. The summed E-state index contributed by atoms with van der Waals surface area (Å²) >= 11 is 0. The molecule has 3 rings (SSSR count). The van der Waals surface area contributed by atoms with Gasteiger partial charge in [-0.15, -0.1) is 0 Å². The Balaban J connectivity index is 1.48. The second-order valence-corrected chi connectivity index (χ2v) is 7.30. The minimum absolute atomic E-state index is 0.0452. The van der Waals surface area contributed by atoms with Crippen LogP contribution in [-0.4, -0.2) is 51.3 Å². The molecule has 4 atom stereocenters. The molecule has 1 aromatic rings. The van der Waals surface area contributed by atoms with Crippen LogP contribution in [0.25, 0.3) is 0 Å². The van der Waals surface area contributed by atoms with Crippen LogP contribution in [0.3, 0.4) is 0 Å². The van der Waals surface area contributed by atoms with Crippen molar-refractivity contribution in [3.63, 3.8) is 0 Å². The van der Waals surface area contributed by atoms with Gasteiger partial charge in [0, 0.05) is 38.3 Å². The summed E-state index contributed by atoms with van der Waals surface area (Å²) in [5.41, 5.74) is 0. The van der Waals surface area contributed by atoms with Gasteiger partial charge in [-0.05, 0) is 43.2 Å². The maximum atomic E-state index is 12.3. The molecule has 2 aliphatic rings. The number of amides is 2. The van der Waals surface area contributed by atoms with Crippen LogP contribution < -0.4 is 20.1 Å². The predicted octanol–water partition coefficient (Wildman–Crippen LogP) is 1.51. The Kier molecular flexibility index (Phi) is 6.55. The smallest absolute Gasteiger partial charge is 0.258 e. The number of hydrogen-bond donors (Lipinski definition) is 2. The zero-order valence-corrected chi connectivity index (χ0v) is 15.9. The summed E-state index contributed by atoms with van der Waals surface area (Å²) in [7, 11) is 3.26. The highest BCUT2D eigenvalue weighted by Gasteiger charge is 2.40. The van der Waals surface area contributed by atoms with Crippen molar-refractivity contribution in [2.75, 3.05) is 27.4 Å². The maximum Gasteiger partial charge on any atom is 0.258 e. The summed E-state index contributed by atoms with van der Waals surface area (Å²) in [5, 5.41) is 6.12. The maximum absolute atomic E-state index is 12.3. The first-order chi connectivity index (χ1) is 13.1. The lowest BCUT2D eigenvalue weighted by molar-refractivity contribution is -0.128. The van der Waals surface area contributed by atoms with Gasteiger partial charge in [0.2, 0.25) is 5.91 Å². The van der Waals surface area contributed by atoms with Crippen molar-refractivity contribution in [2.45, 2.75) is 37.8 Å².